The molecule has 0 bridgehead atoms. The van der Waals surface area contributed by atoms with Crippen molar-refractivity contribution in [1.82, 2.24) is 10.0 Å². The van der Waals surface area contributed by atoms with Crippen molar-refractivity contribution in [2.75, 3.05) is 37.4 Å². The van der Waals surface area contributed by atoms with Crippen LogP contribution >= 0.6 is 11.8 Å². The van der Waals surface area contributed by atoms with Crippen molar-refractivity contribution in [2.24, 2.45) is 0 Å². The van der Waals surface area contributed by atoms with Crippen LogP contribution in [0.2, 0.25) is 0 Å². The van der Waals surface area contributed by atoms with Gasteiger partial charge in [0.25, 0.3) is 0 Å². The number of sulfonamides is 1. The molecule has 0 aromatic carbocycles. The zero-order valence-corrected chi connectivity index (χ0v) is 11.9. The lowest BCUT2D eigenvalue weighted by Gasteiger charge is -2.06. The molecule has 0 aromatic heterocycles. The number of hydrogen-bond donors (Lipinski definition) is 2. The first-order chi connectivity index (χ1) is 7.62. The summed E-state index contributed by atoms with van der Waals surface area (Å²) in [5.74, 6) is 1.33. The van der Waals surface area contributed by atoms with E-state index in [0.717, 1.165) is 25.1 Å². The third kappa shape index (κ3) is 10.7. The summed E-state index contributed by atoms with van der Waals surface area (Å²) >= 11 is 1.83. The predicted molar refractivity (Wildman–Crippen MR) is 72.6 cm³/mol. The molecule has 16 heavy (non-hydrogen) atoms. The fourth-order valence-corrected chi connectivity index (χ4v) is 2.74. The highest BCUT2D eigenvalue weighted by atomic mass is 32.2. The van der Waals surface area contributed by atoms with Gasteiger partial charge >= 0.3 is 0 Å². The number of thioether (sulfide) groups is 1. The van der Waals surface area contributed by atoms with Gasteiger partial charge in [0.05, 0.1) is 5.75 Å². The monoisotopic (exact) mass is 268 g/mol. The Morgan fingerprint density at radius 1 is 1.12 bits per heavy atom. The Kier molecular flexibility index (Phi) is 10.5. The van der Waals surface area contributed by atoms with Crippen LogP contribution in [-0.4, -0.2) is 45.8 Å². The van der Waals surface area contributed by atoms with Gasteiger partial charge in [-0.05, 0) is 31.4 Å². The Morgan fingerprint density at radius 2 is 1.88 bits per heavy atom. The van der Waals surface area contributed by atoms with Crippen molar-refractivity contribution in [3.05, 3.63) is 0 Å². The summed E-state index contributed by atoms with van der Waals surface area (Å²) in [7, 11) is -3.06. The van der Waals surface area contributed by atoms with Crippen LogP contribution in [0.4, 0.5) is 0 Å². The first kappa shape index (κ1) is 16.2. The van der Waals surface area contributed by atoms with Gasteiger partial charge in [-0.25, -0.2) is 13.1 Å². The van der Waals surface area contributed by atoms with Gasteiger partial charge in [-0.3, -0.25) is 0 Å². The molecular weight excluding hydrogens is 244 g/mol. The lowest BCUT2D eigenvalue weighted by atomic mass is 10.2. The molecule has 0 aliphatic carbocycles. The van der Waals surface area contributed by atoms with Crippen LogP contribution in [-0.2, 0) is 10.0 Å². The molecule has 0 aliphatic rings. The van der Waals surface area contributed by atoms with E-state index in [9.17, 15) is 8.42 Å². The van der Waals surface area contributed by atoms with Gasteiger partial charge in [0.2, 0.25) is 10.0 Å². The smallest absolute Gasteiger partial charge is 0.212 e. The average molecular weight is 268 g/mol. The van der Waals surface area contributed by atoms with E-state index in [-0.39, 0.29) is 5.75 Å². The molecule has 0 saturated carbocycles. The fraction of sp³-hybridized carbons (Fsp3) is 1.00. The second-order valence-corrected chi connectivity index (χ2v) is 6.53. The van der Waals surface area contributed by atoms with Gasteiger partial charge in [-0.15, -0.1) is 0 Å². The Bertz CT molecular complexity index is 243. The van der Waals surface area contributed by atoms with Crippen molar-refractivity contribution >= 4 is 21.8 Å². The third-order valence-electron chi connectivity index (χ3n) is 2.14. The van der Waals surface area contributed by atoms with E-state index in [1.807, 2.05) is 18.7 Å². The van der Waals surface area contributed by atoms with Gasteiger partial charge in [0.15, 0.2) is 0 Å². The molecule has 0 aromatic rings. The topological polar surface area (TPSA) is 58.2 Å². The van der Waals surface area contributed by atoms with Crippen molar-refractivity contribution in [3.8, 4) is 0 Å². The zero-order chi connectivity index (χ0) is 12.3. The second-order valence-electron chi connectivity index (χ2n) is 3.62. The fourth-order valence-electron chi connectivity index (χ4n) is 1.23. The van der Waals surface area contributed by atoms with Crippen LogP contribution in [0.15, 0.2) is 0 Å². The molecule has 0 radical (unpaired) electrons. The molecule has 0 spiro atoms. The van der Waals surface area contributed by atoms with Gasteiger partial charge < -0.3 is 5.32 Å². The first-order valence-corrected chi connectivity index (χ1v) is 8.84. The molecule has 0 atom stereocenters. The van der Waals surface area contributed by atoms with Gasteiger partial charge in [0.1, 0.15) is 0 Å². The van der Waals surface area contributed by atoms with Crippen molar-refractivity contribution in [2.45, 2.75) is 26.2 Å². The normalized spacial score (nSPS) is 11.9. The number of hydrogen-bond acceptors (Lipinski definition) is 4. The molecule has 0 aliphatic heterocycles. The zero-order valence-electron chi connectivity index (χ0n) is 10.3. The van der Waals surface area contributed by atoms with E-state index >= 15 is 0 Å². The molecule has 2 N–H and O–H groups in total. The minimum absolute atomic E-state index is 0.172. The summed E-state index contributed by atoms with van der Waals surface area (Å²) in [5, 5.41) is 3.00. The molecule has 0 amide bonds. The lowest BCUT2D eigenvalue weighted by Crippen LogP contribution is -2.32. The van der Waals surface area contributed by atoms with Crippen LogP contribution in [0, 0.1) is 0 Å². The maximum absolute atomic E-state index is 11.4. The summed E-state index contributed by atoms with van der Waals surface area (Å²) < 4.78 is 25.5. The van der Waals surface area contributed by atoms with Crippen LogP contribution in [0.25, 0.3) is 0 Å². The van der Waals surface area contributed by atoms with Crippen molar-refractivity contribution in [3.63, 3.8) is 0 Å². The maximum Gasteiger partial charge on any atom is 0.212 e. The molecule has 4 nitrogen and oxygen atoms in total. The Morgan fingerprint density at radius 3 is 2.50 bits per heavy atom. The molecule has 0 heterocycles. The van der Waals surface area contributed by atoms with Crippen LogP contribution < -0.4 is 10.0 Å². The first-order valence-electron chi connectivity index (χ1n) is 5.79. The lowest BCUT2D eigenvalue weighted by molar-refractivity contribution is 0.572. The molecular formula is C10H24N2O2S2. The standard InChI is InChI=1S/C10H24N2O2S2/c1-3-11-8-10-16(13,14)12-7-5-4-6-9-15-2/h11-12H,3-10H2,1-2H3. The molecule has 0 unspecified atom stereocenters. The minimum Gasteiger partial charge on any atom is -0.316 e. The maximum atomic E-state index is 11.4. The van der Waals surface area contributed by atoms with E-state index in [0.29, 0.717) is 13.1 Å². The largest absolute Gasteiger partial charge is 0.316 e. The van der Waals surface area contributed by atoms with Crippen LogP contribution in [0.3, 0.4) is 0 Å². The van der Waals surface area contributed by atoms with E-state index in [4.69, 9.17) is 0 Å². The highest BCUT2D eigenvalue weighted by Gasteiger charge is 2.07. The third-order valence-corrected chi connectivity index (χ3v) is 4.23. The van der Waals surface area contributed by atoms with Crippen LogP contribution in [0.5, 0.6) is 0 Å². The molecule has 0 fully saturated rings. The van der Waals surface area contributed by atoms with E-state index in [2.05, 4.69) is 16.3 Å². The Labute approximate surface area is 104 Å². The molecule has 6 heteroatoms. The molecule has 0 rings (SSSR count). The van der Waals surface area contributed by atoms with E-state index in [1.165, 1.54) is 6.42 Å². The van der Waals surface area contributed by atoms with Gasteiger partial charge in [0, 0.05) is 13.1 Å². The number of nitrogens with one attached hydrogen (secondary N) is 2. The highest BCUT2D eigenvalue weighted by molar-refractivity contribution is 7.98. The number of unbranched alkanes of at least 4 members (excludes halogenated alkanes) is 2. The summed E-state index contributed by atoms with van der Waals surface area (Å²) in [6.45, 7) is 3.87. The molecule has 0 saturated heterocycles. The summed E-state index contributed by atoms with van der Waals surface area (Å²) in [4.78, 5) is 0. The van der Waals surface area contributed by atoms with Gasteiger partial charge in [-0.1, -0.05) is 13.3 Å². The highest BCUT2D eigenvalue weighted by Crippen LogP contribution is 2.01. The van der Waals surface area contributed by atoms with Crippen LogP contribution in [0.1, 0.15) is 26.2 Å². The van der Waals surface area contributed by atoms with E-state index < -0.39 is 10.0 Å². The Balaban J connectivity index is 3.43. The average Bonchev–Trinajstić information content (AvgIpc) is 2.23. The quantitative estimate of drug-likeness (QED) is 0.550. The van der Waals surface area contributed by atoms with Crippen molar-refractivity contribution < 1.29 is 8.42 Å². The number of rotatable bonds is 11. The van der Waals surface area contributed by atoms with Crippen molar-refractivity contribution in [1.29, 1.82) is 0 Å². The summed E-state index contributed by atoms with van der Waals surface area (Å²) in [5.41, 5.74) is 0. The van der Waals surface area contributed by atoms with Gasteiger partial charge in [-0.2, -0.15) is 11.8 Å². The van der Waals surface area contributed by atoms with E-state index in [1.54, 1.807) is 0 Å². The SMILES string of the molecule is CCNCCS(=O)(=O)NCCCCCSC. The summed E-state index contributed by atoms with van der Waals surface area (Å²) in [6.07, 6.45) is 5.28. The second kappa shape index (κ2) is 10.4. The minimum atomic E-state index is -3.06. The predicted octanol–water partition coefficient (Wildman–Crippen LogP) is 1.05. The molecule has 98 valence electrons. The summed E-state index contributed by atoms with van der Waals surface area (Å²) in [6, 6.07) is 0. The Hall–Kier alpha value is 0.220.